The average Bonchev–Trinajstić information content (AvgIpc) is 2.74. The summed E-state index contributed by atoms with van der Waals surface area (Å²) < 4.78 is 27.3. The van der Waals surface area contributed by atoms with Gasteiger partial charge in [-0.25, -0.2) is 0 Å². The molecule has 0 aliphatic carbocycles. The van der Waals surface area contributed by atoms with Crippen LogP contribution >= 0.6 is 0 Å². The Balaban J connectivity index is 1.55. The van der Waals surface area contributed by atoms with Crippen molar-refractivity contribution in [3.63, 3.8) is 0 Å². The highest BCUT2D eigenvalue weighted by atomic mass is 16.6. The van der Waals surface area contributed by atoms with Gasteiger partial charge in [-0.15, -0.1) is 0 Å². The van der Waals surface area contributed by atoms with E-state index in [1.165, 1.54) is 0 Å². The minimum Gasteiger partial charge on any atom is -0.497 e. The SMILES string of the molecule is COc1ccc(COC[C@H]2OC(=O)C[C@@H](O)[C@@H]2OCc2ccc(OC)cc2)cc1. The molecule has 1 saturated heterocycles. The third kappa shape index (κ3) is 5.93. The lowest BCUT2D eigenvalue weighted by Crippen LogP contribution is -2.50. The molecule has 0 bridgehead atoms. The van der Waals surface area contributed by atoms with Gasteiger partial charge in [0, 0.05) is 0 Å². The molecule has 0 unspecified atom stereocenters. The molecule has 2 aromatic carbocycles. The van der Waals surface area contributed by atoms with Crippen LogP contribution in [-0.2, 0) is 32.2 Å². The Bertz CT molecular complexity index is 773. The first kappa shape index (κ1) is 21.1. The van der Waals surface area contributed by atoms with Crippen molar-refractivity contribution in [3.05, 3.63) is 59.7 Å². The van der Waals surface area contributed by atoms with Crippen molar-refractivity contribution in [1.29, 1.82) is 0 Å². The standard InChI is InChI=1S/C22H26O7/c1-25-17-7-3-15(4-8-17)12-27-14-20-22(19(23)11-21(24)29-20)28-13-16-5-9-18(26-2)10-6-16/h3-10,19-20,22-23H,11-14H2,1-2H3/t19-,20-,22+/m1/s1. The number of hydrogen-bond donors (Lipinski definition) is 1. The fraction of sp³-hybridized carbons (Fsp3) is 0.409. The Morgan fingerprint density at radius 1 is 0.931 bits per heavy atom. The van der Waals surface area contributed by atoms with Crippen LogP contribution in [0.1, 0.15) is 17.5 Å². The summed E-state index contributed by atoms with van der Waals surface area (Å²) in [4.78, 5) is 11.8. The molecule has 0 radical (unpaired) electrons. The Morgan fingerprint density at radius 3 is 2.03 bits per heavy atom. The van der Waals surface area contributed by atoms with E-state index in [1.807, 2.05) is 48.5 Å². The summed E-state index contributed by atoms with van der Waals surface area (Å²) in [5.41, 5.74) is 1.89. The molecular weight excluding hydrogens is 376 g/mol. The second-order valence-electron chi connectivity index (χ2n) is 6.79. The van der Waals surface area contributed by atoms with Crippen LogP contribution in [0.2, 0.25) is 0 Å². The molecule has 0 amide bonds. The van der Waals surface area contributed by atoms with Gasteiger partial charge in [0.2, 0.25) is 0 Å². The molecule has 0 aromatic heterocycles. The van der Waals surface area contributed by atoms with Crippen molar-refractivity contribution < 1.29 is 33.6 Å². The quantitative estimate of drug-likeness (QED) is 0.645. The number of rotatable bonds is 9. The van der Waals surface area contributed by atoms with E-state index in [0.717, 1.165) is 22.6 Å². The Morgan fingerprint density at radius 2 is 1.48 bits per heavy atom. The molecule has 7 heteroatoms. The van der Waals surface area contributed by atoms with Crippen molar-refractivity contribution in [2.45, 2.75) is 37.9 Å². The number of benzene rings is 2. The molecule has 2 aromatic rings. The Kier molecular flexibility index (Phi) is 7.46. The number of hydrogen-bond acceptors (Lipinski definition) is 7. The molecule has 1 heterocycles. The first-order chi connectivity index (χ1) is 14.1. The van der Waals surface area contributed by atoms with Crippen LogP contribution in [0.4, 0.5) is 0 Å². The monoisotopic (exact) mass is 402 g/mol. The molecule has 1 N–H and O–H groups in total. The van der Waals surface area contributed by atoms with E-state index in [2.05, 4.69) is 0 Å². The molecular formula is C22H26O7. The molecule has 1 aliphatic rings. The zero-order chi connectivity index (χ0) is 20.6. The zero-order valence-corrected chi connectivity index (χ0v) is 16.6. The van der Waals surface area contributed by atoms with E-state index in [4.69, 9.17) is 23.7 Å². The first-order valence-electron chi connectivity index (χ1n) is 9.42. The van der Waals surface area contributed by atoms with Gasteiger partial charge in [0.05, 0.1) is 46.6 Å². The van der Waals surface area contributed by atoms with Crippen LogP contribution in [0.15, 0.2) is 48.5 Å². The lowest BCUT2D eigenvalue weighted by atomic mass is 10.0. The maximum absolute atomic E-state index is 11.8. The molecule has 3 rings (SSSR count). The second-order valence-corrected chi connectivity index (χ2v) is 6.79. The van der Waals surface area contributed by atoms with Crippen molar-refractivity contribution in [2.75, 3.05) is 20.8 Å². The Hall–Kier alpha value is -2.61. The molecule has 1 fully saturated rings. The van der Waals surface area contributed by atoms with E-state index in [1.54, 1.807) is 14.2 Å². The number of esters is 1. The van der Waals surface area contributed by atoms with E-state index in [-0.39, 0.29) is 19.6 Å². The van der Waals surface area contributed by atoms with Gasteiger partial charge in [0.15, 0.2) is 6.10 Å². The van der Waals surface area contributed by atoms with E-state index in [9.17, 15) is 9.90 Å². The molecule has 1 aliphatic heterocycles. The van der Waals surface area contributed by atoms with Gasteiger partial charge < -0.3 is 28.8 Å². The molecule has 0 saturated carbocycles. The topological polar surface area (TPSA) is 83.5 Å². The summed E-state index contributed by atoms with van der Waals surface area (Å²) in [7, 11) is 3.22. The maximum Gasteiger partial charge on any atom is 0.308 e. The summed E-state index contributed by atoms with van der Waals surface area (Å²) in [6.07, 6.45) is -2.38. The maximum atomic E-state index is 11.8. The first-order valence-corrected chi connectivity index (χ1v) is 9.42. The van der Waals surface area contributed by atoms with Gasteiger partial charge in [-0.2, -0.15) is 0 Å². The van der Waals surface area contributed by atoms with Gasteiger partial charge in [0.1, 0.15) is 17.6 Å². The molecule has 7 nitrogen and oxygen atoms in total. The largest absolute Gasteiger partial charge is 0.497 e. The van der Waals surface area contributed by atoms with Crippen LogP contribution in [0.25, 0.3) is 0 Å². The van der Waals surface area contributed by atoms with E-state index < -0.39 is 24.3 Å². The predicted molar refractivity (Wildman–Crippen MR) is 105 cm³/mol. The van der Waals surface area contributed by atoms with Gasteiger partial charge >= 0.3 is 5.97 Å². The molecule has 3 atom stereocenters. The highest BCUT2D eigenvalue weighted by molar-refractivity contribution is 5.71. The van der Waals surface area contributed by atoms with Crippen LogP contribution in [0.3, 0.4) is 0 Å². The van der Waals surface area contributed by atoms with E-state index >= 15 is 0 Å². The highest BCUT2D eigenvalue weighted by Gasteiger charge is 2.38. The van der Waals surface area contributed by atoms with Crippen LogP contribution in [0, 0.1) is 0 Å². The van der Waals surface area contributed by atoms with Gasteiger partial charge in [-0.1, -0.05) is 24.3 Å². The third-order valence-electron chi connectivity index (χ3n) is 4.72. The second kappa shape index (κ2) is 10.2. The summed E-state index contributed by atoms with van der Waals surface area (Å²) in [6, 6.07) is 14.9. The van der Waals surface area contributed by atoms with Crippen LogP contribution in [-0.4, -0.2) is 50.2 Å². The highest BCUT2D eigenvalue weighted by Crippen LogP contribution is 2.22. The number of methoxy groups -OCH3 is 2. The van der Waals surface area contributed by atoms with Crippen LogP contribution < -0.4 is 9.47 Å². The smallest absolute Gasteiger partial charge is 0.308 e. The van der Waals surface area contributed by atoms with Gasteiger partial charge in [-0.05, 0) is 35.4 Å². The van der Waals surface area contributed by atoms with Crippen molar-refractivity contribution in [3.8, 4) is 11.5 Å². The zero-order valence-electron chi connectivity index (χ0n) is 16.6. The van der Waals surface area contributed by atoms with Crippen LogP contribution in [0.5, 0.6) is 11.5 Å². The van der Waals surface area contributed by atoms with Crippen molar-refractivity contribution in [1.82, 2.24) is 0 Å². The third-order valence-corrected chi connectivity index (χ3v) is 4.72. The predicted octanol–water partition coefficient (Wildman–Crippen LogP) is 2.48. The number of carbonyl (C=O) groups excluding carboxylic acids is 1. The average molecular weight is 402 g/mol. The number of aliphatic hydroxyl groups is 1. The fourth-order valence-electron chi connectivity index (χ4n) is 3.09. The van der Waals surface area contributed by atoms with Gasteiger partial charge in [-0.3, -0.25) is 4.79 Å². The normalized spacial score (nSPS) is 21.5. The van der Waals surface area contributed by atoms with E-state index in [0.29, 0.717) is 6.61 Å². The number of ether oxygens (including phenoxy) is 5. The van der Waals surface area contributed by atoms with Crippen molar-refractivity contribution >= 4 is 5.97 Å². The van der Waals surface area contributed by atoms with Gasteiger partial charge in [0.25, 0.3) is 0 Å². The summed E-state index contributed by atoms with van der Waals surface area (Å²) in [5.74, 6) is 1.06. The number of carbonyl (C=O) groups is 1. The number of cyclic esters (lactones) is 1. The fourth-order valence-corrected chi connectivity index (χ4v) is 3.09. The molecule has 156 valence electrons. The lowest BCUT2D eigenvalue weighted by Gasteiger charge is -2.34. The minimum absolute atomic E-state index is 0.0950. The summed E-state index contributed by atoms with van der Waals surface area (Å²) in [5, 5.41) is 10.3. The summed E-state index contributed by atoms with van der Waals surface area (Å²) in [6.45, 7) is 0.750. The lowest BCUT2D eigenvalue weighted by molar-refractivity contribution is -0.196. The minimum atomic E-state index is -0.941. The molecule has 29 heavy (non-hydrogen) atoms. The summed E-state index contributed by atoms with van der Waals surface area (Å²) >= 11 is 0. The molecule has 0 spiro atoms. The Labute approximate surface area is 170 Å². The number of aliphatic hydroxyl groups excluding tert-OH is 1. The van der Waals surface area contributed by atoms with Crippen molar-refractivity contribution in [2.24, 2.45) is 0 Å².